The van der Waals surface area contributed by atoms with Gasteiger partial charge in [-0.2, -0.15) is 4.98 Å². The lowest BCUT2D eigenvalue weighted by atomic mass is 9.90. The molecule has 27 heavy (non-hydrogen) atoms. The molecule has 0 aromatic carbocycles. The highest BCUT2D eigenvalue weighted by molar-refractivity contribution is 5.59. The Labute approximate surface area is 155 Å². The molecule has 0 amide bonds. The van der Waals surface area contributed by atoms with E-state index in [1.54, 1.807) is 7.05 Å². The highest BCUT2D eigenvalue weighted by Gasteiger charge is 2.31. The molecule has 3 aromatic rings. The van der Waals surface area contributed by atoms with E-state index in [-0.39, 0.29) is 16.8 Å². The molecule has 0 bridgehead atoms. The largest absolute Gasteiger partial charge is 0.332 e. The van der Waals surface area contributed by atoms with Crippen molar-refractivity contribution < 1.29 is 4.52 Å². The monoisotopic (exact) mass is 370 g/mol. The molecule has 0 saturated heterocycles. The molecule has 0 atom stereocenters. The zero-order valence-corrected chi connectivity index (χ0v) is 15.9. The molecule has 0 saturated carbocycles. The van der Waals surface area contributed by atoms with Gasteiger partial charge in [0.15, 0.2) is 0 Å². The van der Waals surface area contributed by atoms with Gasteiger partial charge in [0.2, 0.25) is 5.82 Å². The van der Waals surface area contributed by atoms with Crippen molar-refractivity contribution in [2.45, 2.75) is 52.0 Å². The van der Waals surface area contributed by atoms with Crippen molar-refractivity contribution in [3.8, 4) is 23.0 Å². The number of hydrogen-bond donors (Lipinski definition) is 1. The van der Waals surface area contributed by atoms with Gasteiger partial charge in [0.1, 0.15) is 17.1 Å². The van der Waals surface area contributed by atoms with Crippen LogP contribution >= 0.6 is 0 Å². The fourth-order valence-electron chi connectivity index (χ4n) is 3.38. The molecule has 9 heteroatoms. The Bertz CT molecular complexity index is 1130. The second-order valence-electron chi connectivity index (χ2n) is 7.92. The molecule has 9 nitrogen and oxygen atoms in total. The average Bonchev–Trinajstić information content (AvgIpc) is 3.22. The van der Waals surface area contributed by atoms with Crippen LogP contribution in [0, 0.1) is 0 Å². The average molecular weight is 370 g/mol. The Kier molecular flexibility index (Phi) is 3.90. The standard InChI is InChI=1S/C18H22N6O3/c1-18(2,3)13-12(24-8-6-5-7-11(24)19-13)16-20-14(22-27-16)10-9-23(4)17(26)21-15(10)25/h9H,5-8H2,1-4H3,(H,21,25,26). The van der Waals surface area contributed by atoms with Crippen molar-refractivity contribution in [3.63, 3.8) is 0 Å². The maximum absolute atomic E-state index is 12.1. The molecular formula is C18H22N6O3. The van der Waals surface area contributed by atoms with E-state index in [1.807, 2.05) is 0 Å². The van der Waals surface area contributed by atoms with Gasteiger partial charge in [-0.1, -0.05) is 25.9 Å². The first-order chi connectivity index (χ1) is 12.8. The fraction of sp³-hybridized carbons (Fsp3) is 0.500. The van der Waals surface area contributed by atoms with Crippen LogP contribution in [0.5, 0.6) is 0 Å². The summed E-state index contributed by atoms with van der Waals surface area (Å²) in [7, 11) is 1.55. The summed E-state index contributed by atoms with van der Waals surface area (Å²) in [5, 5.41) is 3.98. The number of rotatable bonds is 2. The van der Waals surface area contributed by atoms with Gasteiger partial charge in [0.05, 0.1) is 5.69 Å². The summed E-state index contributed by atoms with van der Waals surface area (Å²) in [6.45, 7) is 7.14. The Hall–Kier alpha value is -2.97. The maximum atomic E-state index is 12.1. The summed E-state index contributed by atoms with van der Waals surface area (Å²) in [4.78, 5) is 35.3. The highest BCUT2D eigenvalue weighted by atomic mass is 16.5. The molecule has 0 radical (unpaired) electrons. The number of aromatic nitrogens is 6. The van der Waals surface area contributed by atoms with Gasteiger partial charge < -0.3 is 13.7 Å². The lowest BCUT2D eigenvalue weighted by molar-refractivity contribution is 0.423. The summed E-state index contributed by atoms with van der Waals surface area (Å²) in [6, 6.07) is 0. The van der Waals surface area contributed by atoms with E-state index in [0.717, 1.165) is 43.0 Å². The molecule has 0 unspecified atom stereocenters. The van der Waals surface area contributed by atoms with Gasteiger partial charge in [-0.15, -0.1) is 0 Å². The smallest absolute Gasteiger partial charge is 0.328 e. The van der Waals surface area contributed by atoms with Crippen LogP contribution in [0.3, 0.4) is 0 Å². The van der Waals surface area contributed by atoms with E-state index in [0.29, 0.717) is 5.89 Å². The SMILES string of the molecule is Cn1cc(-c2noc(-c3c(C(C)(C)C)nc4n3CCCC4)n2)c(=O)[nH]c1=O. The van der Waals surface area contributed by atoms with E-state index in [9.17, 15) is 9.59 Å². The summed E-state index contributed by atoms with van der Waals surface area (Å²) in [5.74, 6) is 1.51. The van der Waals surface area contributed by atoms with Crippen molar-refractivity contribution in [2.75, 3.05) is 0 Å². The van der Waals surface area contributed by atoms with Crippen LogP contribution < -0.4 is 11.2 Å². The topological polar surface area (TPSA) is 112 Å². The van der Waals surface area contributed by atoms with E-state index >= 15 is 0 Å². The van der Waals surface area contributed by atoms with Crippen LogP contribution in [0.15, 0.2) is 20.3 Å². The fourth-order valence-corrected chi connectivity index (χ4v) is 3.38. The number of fused-ring (bicyclic) bond motifs is 1. The van der Waals surface area contributed by atoms with Gasteiger partial charge in [0, 0.05) is 31.6 Å². The first-order valence-corrected chi connectivity index (χ1v) is 9.00. The molecule has 0 aliphatic carbocycles. The Morgan fingerprint density at radius 1 is 1.19 bits per heavy atom. The van der Waals surface area contributed by atoms with Crippen molar-refractivity contribution in [3.05, 3.63) is 38.6 Å². The van der Waals surface area contributed by atoms with Crippen molar-refractivity contribution in [1.82, 2.24) is 29.2 Å². The first kappa shape index (κ1) is 17.4. The predicted octanol–water partition coefficient (Wildman–Crippen LogP) is 1.62. The Morgan fingerprint density at radius 3 is 2.70 bits per heavy atom. The number of nitrogens with zero attached hydrogens (tertiary/aromatic N) is 5. The van der Waals surface area contributed by atoms with E-state index in [2.05, 4.69) is 40.5 Å². The number of imidazole rings is 1. The molecule has 1 aliphatic rings. The third-order valence-corrected chi connectivity index (χ3v) is 4.77. The molecule has 0 fully saturated rings. The third kappa shape index (κ3) is 2.92. The highest BCUT2D eigenvalue weighted by Crippen LogP contribution is 2.35. The van der Waals surface area contributed by atoms with Crippen molar-refractivity contribution >= 4 is 0 Å². The number of H-pyrrole nitrogens is 1. The van der Waals surface area contributed by atoms with Crippen LogP contribution in [0.2, 0.25) is 0 Å². The number of nitrogens with one attached hydrogen (secondary N) is 1. The van der Waals surface area contributed by atoms with Gasteiger partial charge in [-0.05, 0) is 12.8 Å². The van der Waals surface area contributed by atoms with Crippen LogP contribution in [0.4, 0.5) is 0 Å². The zero-order chi connectivity index (χ0) is 19.3. The van der Waals surface area contributed by atoms with Crippen LogP contribution in [0.1, 0.15) is 45.1 Å². The lowest BCUT2D eigenvalue weighted by Gasteiger charge is -2.18. The van der Waals surface area contributed by atoms with Crippen molar-refractivity contribution in [1.29, 1.82) is 0 Å². The van der Waals surface area contributed by atoms with Gasteiger partial charge in [0.25, 0.3) is 11.4 Å². The Balaban J connectivity index is 1.87. The predicted molar refractivity (Wildman–Crippen MR) is 98.5 cm³/mol. The zero-order valence-electron chi connectivity index (χ0n) is 15.9. The lowest BCUT2D eigenvalue weighted by Crippen LogP contribution is -2.28. The number of hydrogen-bond acceptors (Lipinski definition) is 6. The molecule has 1 N–H and O–H groups in total. The molecule has 0 spiro atoms. The second kappa shape index (κ2) is 6.04. The summed E-state index contributed by atoms with van der Waals surface area (Å²) in [5.41, 5.74) is 0.677. The van der Waals surface area contributed by atoms with E-state index < -0.39 is 11.2 Å². The second-order valence-corrected chi connectivity index (χ2v) is 7.92. The minimum absolute atomic E-state index is 0.146. The normalized spacial score (nSPS) is 14.4. The first-order valence-electron chi connectivity index (χ1n) is 9.00. The van der Waals surface area contributed by atoms with Crippen LogP contribution in [-0.4, -0.2) is 29.2 Å². The van der Waals surface area contributed by atoms with Gasteiger partial charge in [-0.3, -0.25) is 9.78 Å². The van der Waals surface area contributed by atoms with E-state index in [4.69, 9.17) is 9.51 Å². The minimum atomic E-state index is -0.545. The van der Waals surface area contributed by atoms with Gasteiger partial charge >= 0.3 is 5.69 Å². The minimum Gasteiger partial charge on any atom is -0.332 e. The summed E-state index contributed by atoms with van der Waals surface area (Å²) in [6.07, 6.45) is 4.51. The van der Waals surface area contributed by atoms with Crippen LogP contribution in [-0.2, 0) is 25.4 Å². The molecule has 1 aliphatic heterocycles. The molecule has 3 aromatic heterocycles. The Morgan fingerprint density at radius 2 is 1.96 bits per heavy atom. The van der Waals surface area contributed by atoms with Gasteiger partial charge in [-0.25, -0.2) is 9.78 Å². The molecule has 4 heterocycles. The summed E-state index contributed by atoms with van der Waals surface area (Å²) < 4.78 is 8.95. The third-order valence-electron chi connectivity index (χ3n) is 4.77. The molecular weight excluding hydrogens is 348 g/mol. The maximum Gasteiger partial charge on any atom is 0.328 e. The number of aromatic amines is 1. The molecule has 142 valence electrons. The van der Waals surface area contributed by atoms with Crippen molar-refractivity contribution in [2.24, 2.45) is 7.05 Å². The summed E-state index contributed by atoms with van der Waals surface area (Å²) >= 11 is 0. The molecule has 4 rings (SSSR count). The van der Waals surface area contributed by atoms with E-state index in [1.165, 1.54) is 10.8 Å². The number of aryl methyl sites for hydroxylation is 2. The van der Waals surface area contributed by atoms with Crippen LogP contribution in [0.25, 0.3) is 23.0 Å². The quantitative estimate of drug-likeness (QED) is 0.734.